The highest BCUT2D eigenvalue weighted by Crippen LogP contribution is 2.35. The lowest BCUT2D eigenvalue weighted by Gasteiger charge is -2.25. The van der Waals surface area contributed by atoms with Crippen LogP contribution in [0.15, 0.2) is 24.3 Å². The van der Waals surface area contributed by atoms with Crippen LogP contribution in [0.4, 0.5) is 0 Å². The first-order chi connectivity index (χ1) is 8.79. The predicted molar refractivity (Wildman–Crippen MR) is 68.4 cm³/mol. The number of para-hydroxylation sites is 2. The summed E-state index contributed by atoms with van der Waals surface area (Å²) >= 11 is 5.17. The number of hydrogen-bond donors (Lipinski definition) is 1. The van der Waals surface area contributed by atoms with Crippen LogP contribution in [0.2, 0.25) is 0 Å². The molecule has 0 unspecified atom stereocenters. The van der Waals surface area contributed by atoms with Gasteiger partial charge < -0.3 is 14.0 Å². The molecule has 18 heavy (non-hydrogen) atoms. The number of nitrogens with zero attached hydrogens (tertiary/aromatic N) is 2. The number of H-pyrrole nitrogens is 1. The third-order valence-electron chi connectivity index (χ3n) is 2.90. The highest BCUT2D eigenvalue weighted by atomic mass is 32.1. The van der Waals surface area contributed by atoms with Crippen LogP contribution in [0.25, 0.3) is 0 Å². The van der Waals surface area contributed by atoms with Gasteiger partial charge in [-0.15, -0.1) is 0 Å². The fourth-order valence-corrected chi connectivity index (χ4v) is 2.30. The molecule has 1 aromatic carbocycles. The maximum absolute atomic E-state index is 5.90. The molecule has 0 saturated carbocycles. The van der Waals surface area contributed by atoms with Gasteiger partial charge in [0.2, 0.25) is 0 Å². The van der Waals surface area contributed by atoms with Gasteiger partial charge in [0.05, 0.1) is 0 Å². The van der Waals surface area contributed by atoms with Crippen LogP contribution in [-0.4, -0.2) is 21.4 Å². The molecule has 1 N–H and O–H groups in total. The Labute approximate surface area is 109 Å². The summed E-state index contributed by atoms with van der Waals surface area (Å²) in [7, 11) is 0. The van der Waals surface area contributed by atoms with Crippen molar-refractivity contribution in [3.05, 3.63) is 34.9 Å². The van der Waals surface area contributed by atoms with Crippen molar-refractivity contribution >= 4 is 12.2 Å². The fraction of sp³-hybridized carbons (Fsp3) is 0.333. The van der Waals surface area contributed by atoms with Gasteiger partial charge >= 0.3 is 0 Å². The molecule has 0 radical (unpaired) electrons. The first-order valence-corrected chi connectivity index (χ1v) is 6.24. The van der Waals surface area contributed by atoms with Gasteiger partial charge in [-0.05, 0) is 31.3 Å². The molecule has 0 amide bonds. The van der Waals surface area contributed by atoms with Gasteiger partial charge in [-0.25, -0.2) is 0 Å². The Morgan fingerprint density at radius 1 is 1.44 bits per heavy atom. The molecular weight excluding hydrogens is 250 g/mol. The van der Waals surface area contributed by atoms with Gasteiger partial charge in [-0.2, -0.15) is 5.10 Å². The van der Waals surface area contributed by atoms with E-state index in [0.717, 1.165) is 23.9 Å². The average Bonchev–Trinajstić information content (AvgIpc) is 2.79. The molecule has 2 aromatic rings. The minimum absolute atomic E-state index is 0.229. The highest BCUT2D eigenvalue weighted by molar-refractivity contribution is 7.71. The van der Waals surface area contributed by atoms with Crippen molar-refractivity contribution < 1.29 is 9.47 Å². The van der Waals surface area contributed by atoms with Gasteiger partial charge in [-0.3, -0.25) is 5.10 Å². The Bertz CT molecular complexity index is 620. The summed E-state index contributed by atoms with van der Waals surface area (Å²) in [6, 6.07) is 7.62. The molecule has 1 atom stereocenters. The lowest BCUT2D eigenvalue weighted by Crippen LogP contribution is -2.24. The van der Waals surface area contributed by atoms with E-state index in [-0.39, 0.29) is 6.10 Å². The van der Waals surface area contributed by atoms with E-state index in [1.807, 2.05) is 35.8 Å². The van der Waals surface area contributed by atoms with Crippen LogP contribution in [0.1, 0.15) is 18.9 Å². The monoisotopic (exact) mass is 263 g/mol. The van der Waals surface area contributed by atoms with Crippen molar-refractivity contribution in [2.75, 3.05) is 6.61 Å². The second-order valence-corrected chi connectivity index (χ2v) is 4.38. The Hall–Kier alpha value is -1.82. The lowest BCUT2D eigenvalue weighted by molar-refractivity contribution is 0.0822. The standard InChI is InChI=1S/C12H13N3O2S/c1-2-15-11(13-14-12(15)18)10-7-16-8-5-3-4-6-9(8)17-10/h3-6,10H,2,7H2,1H3,(H,14,18)/t10-/m1/s1. The van der Waals surface area contributed by atoms with Gasteiger partial charge in [0.15, 0.2) is 28.2 Å². The molecule has 1 aliphatic heterocycles. The zero-order valence-electron chi connectivity index (χ0n) is 9.92. The summed E-state index contributed by atoms with van der Waals surface area (Å²) in [4.78, 5) is 0. The van der Waals surface area contributed by atoms with Crippen molar-refractivity contribution in [1.29, 1.82) is 0 Å². The molecule has 5 nitrogen and oxygen atoms in total. The van der Waals surface area contributed by atoms with E-state index in [1.54, 1.807) is 0 Å². The molecule has 0 fully saturated rings. The molecule has 94 valence electrons. The number of ether oxygens (including phenoxy) is 2. The smallest absolute Gasteiger partial charge is 0.195 e. The Kier molecular flexibility index (Phi) is 2.79. The molecule has 1 aromatic heterocycles. The minimum Gasteiger partial charge on any atom is -0.485 e. The predicted octanol–water partition coefficient (Wildman–Crippen LogP) is 2.47. The number of rotatable bonds is 2. The van der Waals surface area contributed by atoms with Gasteiger partial charge in [0, 0.05) is 6.54 Å². The second-order valence-electron chi connectivity index (χ2n) is 4.00. The molecular formula is C12H13N3O2S. The van der Waals surface area contributed by atoms with Crippen LogP contribution >= 0.6 is 12.2 Å². The van der Waals surface area contributed by atoms with Crippen LogP contribution in [0.5, 0.6) is 11.5 Å². The number of benzene rings is 1. The van der Waals surface area contributed by atoms with Crippen molar-refractivity contribution in [2.24, 2.45) is 0 Å². The summed E-state index contributed by atoms with van der Waals surface area (Å²) < 4.78 is 14.1. The van der Waals surface area contributed by atoms with E-state index < -0.39 is 0 Å². The van der Waals surface area contributed by atoms with Crippen LogP contribution in [0.3, 0.4) is 0 Å². The number of hydrogen-bond acceptors (Lipinski definition) is 4. The highest BCUT2D eigenvalue weighted by Gasteiger charge is 2.26. The first kappa shape index (κ1) is 11.3. The first-order valence-electron chi connectivity index (χ1n) is 5.83. The molecule has 3 rings (SSSR count). The van der Waals surface area contributed by atoms with E-state index in [2.05, 4.69) is 10.2 Å². The van der Waals surface area contributed by atoms with Gasteiger partial charge in [0.1, 0.15) is 6.61 Å². The Balaban J connectivity index is 1.94. The second kappa shape index (κ2) is 4.45. The van der Waals surface area contributed by atoms with E-state index in [1.165, 1.54) is 0 Å². The maximum atomic E-state index is 5.90. The Morgan fingerprint density at radius 2 is 2.22 bits per heavy atom. The SMILES string of the molecule is CCn1c([C@H]2COc3ccccc3O2)n[nH]c1=S. The number of aromatic amines is 1. The molecule has 0 bridgehead atoms. The number of aromatic nitrogens is 3. The topological polar surface area (TPSA) is 52.1 Å². The molecule has 0 aliphatic carbocycles. The van der Waals surface area contributed by atoms with Crippen LogP contribution in [-0.2, 0) is 6.54 Å². The molecule has 2 heterocycles. The van der Waals surface area contributed by atoms with Crippen molar-refractivity contribution in [2.45, 2.75) is 19.6 Å². The van der Waals surface area contributed by atoms with Crippen molar-refractivity contribution in [1.82, 2.24) is 14.8 Å². The number of fused-ring (bicyclic) bond motifs is 1. The maximum Gasteiger partial charge on any atom is 0.195 e. The van der Waals surface area contributed by atoms with Gasteiger partial charge in [-0.1, -0.05) is 12.1 Å². The molecule has 1 aliphatic rings. The van der Waals surface area contributed by atoms with E-state index >= 15 is 0 Å². The minimum atomic E-state index is -0.229. The summed E-state index contributed by atoms with van der Waals surface area (Å²) in [5.41, 5.74) is 0. The van der Waals surface area contributed by atoms with Crippen molar-refractivity contribution in [3.63, 3.8) is 0 Å². The Morgan fingerprint density at radius 3 is 3.00 bits per heavy atom. The zero-order chi connectivity index (χ0) is 12.5. The summed E-state index contributed by atoms with van der Waals surface area (Å²) in [6.45, 7) is 3.22. The van der Waals surface area contributed by atoms with E-state index in [9.17, 15) is 0 Å². The summed E-state index contributed by atoms with van der Waals surface area (Å²) in [6.07, 6.45) is -0.229. The summed E-state index contributed by atoms with van der Waals surface area (Å²) in [5.74, 6) is 2.29. The quantitative estimate of drug-likeness (QED) is 0.846. The fourth-order valence-electron chi connectivity index (χ4n) is 2.03. The number of nitrogens with one attached hydrogen (secondary N) is 1. The lowest BCUT2D eigenvalue weighted by atomic mass is 10.2. The zero-order valence-corrected chi connectivity index (χ0v) is 10.7. The van der Waals surface area contributed by atoms with E-state index in [0.29, 0.717) is 11.4 Å². The normalized spacial score (nSPS) is 17.7. The van der Waals surface area contributed by atoms with Crippen molar-refractivity contribution in [3.8, 4) is 11.5 Å². The average molecular weight is 263 g/mol. The molecule has 6 heteroatoms. The largest absolute Gasteiger partial charge is 0.485 e. The van der Waals surface area contributed by atoms with Crippen LogP contribution < -0.4 is 9.47 Å². The van der Waals surface area contributed by atoms with E-state index in [4.69, 9.17) is 21.7 Å². The molecule has 0 saturated heterocycles. The third kappa shape index (κ3) is 1.78. The van der Waals surface area contributed by atoms with Crippen LogP contribution in [0, 0.1) is 4.77 Å². The summed E-state index contributed by atoms with van der Waals surface area (Å²) in [5, 5.41) is 7.01. The third-order valence-corrected chi connectivity index (χ3v) is 3.21. The van der Waals surface area contributed by atoms with Gasteiger partial charge in [0.25, 0.3) is 0 Å². The molecule has 0 spiro atoms.